The maximum absolute atomic E-state index is 11.9. The molecule has 0 saturated carbocycles. The SMILES string of the molecule is CCCCCCCCCCCCCCCC(=O)OCCOCCOCCOCCOCCOCCOCCOCCOCCOC(=O)C(=O)c1ccccc1. The zero-order valence-corrected chi connectivity index (χ0v) is 33.8. The van der Waals surface area contributed by atoms with E-state index in [0.717, 1.165) is 12.8 Å². The summed E-state index contributed by atoms with van der Waals surface area (Å²) in [6.07, 6.45) is 17.2. The van der Waals surface area contributed by atoms with Crippen molar-refractivity contribution in [2.24, 2.45) is 0 Å². The second-order valence-corrected chi connectivity index (χ2v) is 12.9. The number of hydrogen-bond donors (Lipinski definition) is 0. The highest BCUT2D eigenvalue weighted by Crippen LogP contribution is 2.13. The molecule has 0 aromatic heterocycles. The lowest BCUT2D eigenvalue weighted by atomic mass is 10.0. The molecule has 1 aromatic carbocycles. The summed E-state index contributed by atoms with van der Waals surface area (Å²) in [5.74, 6) is -1.71. The summed E-state index contributed by atoms with van der Waals surface area (Å²) >= 11 is 0. The first-order valence-corrected chi connectivity index (χ1v) is 20.7. The quantitative estimate of drug-likeness (QED) is 0.0305. The number of unbranched alkanes of at least 4 members (excludes halogenated alkanes) is 12. The number of benzene rings is 1. The topological polar surface area (TPSA) is 144 Å². The molecule has 0 fully saturated rings. The largest absolute Gasteiger partial charge is 0.463 e. The molecule has 13 nitrogen and oxygen atoms in total. The van der Waals surface area contributed by atoms with Crippen molar-refractivity contribution in [3.63, 3.8) is 0 Å². The maximum atomic E-state index is 11.9. The number of rotatable bonds is 43. The number of hydrogen-bond acceptors (Lipinski definition) is 13. The van der Waals surface area contributed by atoms with Crippen LogP contribution in [-0.4, -0.2) is 137 Å². The summed E-state index contributed by atoms with van der Waals surface area (Å²) in [6, 6.07) is 8.26. The van der Waals surface area contributed by atoms with E-state index in [4.69, 9.17) is 47.4 Å². The zero-order valence-electron chi connectivity index (χ0n) is 33.8. The molecule has 0 N–H and O–H groups in total. The molecule has 0 spiro atoms. The fraction of sp³-hybridized carbons (Fsp3) is 0.786. The molecule has 55 heavy (non-hydrogen) atoms. The van der Waals surface area contributed by atoms with Crippen LogP contribution in [0.3, 0.4) is 0 Å². The van der Waals surface area contributed by atoms with Gasteiger partial charge in [-0.05, 0) is 6.42 Å². The van der Waals surface area contributed by atoms with E-state index >= 15 is 0 Å². The Morgan fingerprint density at radius 3 is 1.05 bits per heavy atom. The van der Waals surface area contributed by atoms with Crippen molar-refractivity contribution >= 4 is 17.7 Å². The van der Waals surface area contributed by atoms with E-state index in [1.807, 2.05) is 0 Å². The van der Waals surface area contributed by atoms with Gasteiger partial charge in [0.2, 0.25) is 0 Å². The average molecular weight is 785 g/mol. The summed E-state index contributed by atoms with van der Waals surface area (Å²) in [4.78, 5) is 35.5. The van der Waals surface area contributed by atoms with E-state index in [2.05, 4.69) is 6.92 Å². The zero-order chi connectivity index (χ0) is 39.5. The van der Waals surface area contributed by atoms with E-state index < -0.39 is 11.8 Å². The van der Waals surface area contributed by atoms with Gasteiger partial charge in [-0.2, -0.15) is 0 Å². The van der Waals surface area contributed by atoms with E-state index in [0.29, 0.717) is 111 Å². The Kier molecular flexibility index (Phi) is 37.8. The Balaban J connectivity index is 1.67. The Labute approximate surface area is 330 Å². The molecule has 0 saturated heterocycles. The number of carbonyl (C=O) groups is 3. The molecule has 0 aliphatic carbocycles. The third-order valence-electron chi connectivity index (χ3n) is 8.26. The number of Topliss-reactive ketones (excluding diaryl/α,β-unsaturated/α-hetero) is 1. The molecular weight excluding hydrogens is 712 g/mol. The predicted octanol–water partition coefficient (Wildman–Crippen LogP) is 6.57. The second kappa shape index (κ2) is 41.2. The van der Waals surface area contributed by atoms with Crippen LogP contribution in [0.25, 0.3) is 0 Å². The van der Waals surface area contributed by atoms with Crippen molar-refractivity contribution in [1.29, 1.82) is 0 Å². The molecule has 1 aromatic rings. The highest BCUT2D eigenvalue weighted by atomic mass is 16.6. The minimum absolute atomic E-state index is 0.00454. The van der Waals surface area contributed by atoms with Crippen molar-refractivity contribution in [2.45, 2.75) is 96.8 Å². The Hall–Kier alpha value is -2.49. The van der Waals surface area contributed by atoms with Gasteiger partial charge in [-0.3, -0.25) is 9.59 Å². The molecular formula is C42H72O13. The van der Waals surface area contributed by atoms with Gasteiger partial charge < -0.3 is 47.4 Å². The van der Waals surface area contributed by atoms with Crippen LogP contribution in [0.2, 0.25) is 0 Å². The van der Waals surface area contributed by atoms with Gasteiger partial charge in [-0.1, -0.05) is 114 Å². The van der Waals surface area contributed by atoms with Crippen molar-refractivity contribution in [2.75, 3.05) is 119 Å². The highest BCUT2D eigenvalue weighted by Gasteiger charge is 2.17. The summed E-state index contributed by atoms with van der Waals surface area (Å²) in [5.41, 5.74) is 0.295. The van der Waals surface area contributed by atoms with Crippen molar-refractivity contribution < 1.29 is 61.8 Å². The third kappa shape index (κ3) is 35.7. The second-order valence-electron chi connectivity index (χ2n) is 12.9. The standard InChI is InChI=1S/C42H72O13/c1-2-3-4-5-6-7-8-9-10-11-12-13-17-20-40(43)54-37-35-52-33-31-50-29-27-48-25-23-46-21-22-47-24-26-49-28-30-51-32-34-53-36-38-55-42(45)41(44)39-18-15-14-16-19-39/h14-16,18-19H,2-13,17,20-38H2,1H3. The van der Waals surface area contributed by atoms with Gasteiger partial charge in [-0.25, -0.2) is 4.79 Å². The van der Waals surface area contributed by atoms with Crippen LogP contribution in [0.4, 0.5) is 0 Å². The molecule has 13 heteroatoms. The lowest BCUT2D eigenvalue weighted by Crippen LogP contribution is -2.20. The van der Waals surface area contributed by atoms with Crippen molar-refractivity contribution in [3.8, 4) is 0 Å². The number of esters is 2. The lowest BCUT2D eigenvalue weighted by Gasteiger charge is -2.09. The van der Waals surface area contributed by atoms with Gasteiger partial charge in [0, 0.05) is 12.0 Å². The Morgan fingerprint density at radius 1 is 0.382 bits per heavy atom. The smallest absolute Gasteiger partial charge is 0.379 e. The maximum Gasteiger partial charge on any atom is 0.379 e. The first-order valence-electron chi connectivity index (χ1n) is 20.7. The molecule has 0 atom stereocenters. The van der Waals surface area contributed by atoms with E-state index in [1.54, 1.807) is 30.3 Å². The molecule has 318 valence electrons. The van der Waals surface area contributed by atoms with E-state index in [9.17, 15) is 14.4 Å². The van der Waals surface area contributed by atoms with Gasteiger partial charge >= 0.3 is 11.9 Å². The van der Waals surface area contributed by atoms with E-state index in [-0.39, 0.29) is 25.8 Å². The van der Waals surface area contributed by atoms with Crippen LogP contribution in [0.5, 0.6) is 0 Å². The molecule has 0 bridgehead atoms. The molecule has 0 aliphatic rings. The van der Waals surface area contributed by atoms with Crippen LogP contribution < -0.4 is 0 Å². The third-order valence-corrected chi connectivity index (χ3v) is 8.26. The van der Waals surface area contributed by atoms with Crippen LogP contribution >= 0.6 is 0 Å². The average Bonchev–Trinajstić information content (AvgIpc) is 3.20. The fourth-order valence-corrected chi connectivity index (χ4v) is 5.18. The lowest BCUT2D eigenvalue weighted by molar-refractivity contribution is -0.145. The summed E-state index contributed by atoms with van der Waals surface area (Å²) in [5, 5.41) is 0. The van der Waals surface area contributed by atoms with Gasteiger partial charge in [0.1, 0.15) is 13.2 Å². The summed E-state index contributed by atoms with van der Waals surface area (Å²) in [7, 11) is 0. The molecule has 0 unspecified atom stereocenters. The van der Waals surface area contributed by atoms with Gasteiger partial charge in [0.15, 0.2) is 0 Å². The monoisotopic (exact) mass is 784 g/mol. The van der Waals surface area contributed by atoms with Crippen molar-refractivity contribution in [3.05, 3.63) is 35.9 Å². The minimum atomic E-state index is -0.898. The van der Waals surface area contributed by atoms with Crippen LogP contribution in [0, 0.1) is 0 Å². The van der Waals surface area contributed by atoms with Crippen LogP contribution in [-0.2, 0) is 57.0 Å². The number of ether oxygens (including phenoxy) is 10. The molecule has 0 heterocycles. The Bertz CT molecular complexity index is 995. The molecule has 0 aliphatic heterocycles. The fourth-order valence-electron chi connectivity index (χ4n) is 5.18. The highest BCUT2D eigenvalue weighted by molar-refractivity contribution is 6.40. The van der Waals surface area contributed by atoms with Gasteiger partial charge in [0.25, 0.3) is 5.78 Å². The van der Waals surface area contributed by atoms with Crippen molar-refractivity contribution in [1.82, 2.24) is 0 Å². The molecule has 0 radical (unpaired) electrons. The summed E-state index contributed by atoms with van der Waals surface area (Å²) in [6.45, 7) is 9.29. The van der Waals surface area contributed by atoms with Crippen LogP contribution in [0.15, 0.2) is 30.3 Å². The first-order chi connectivity index (χ1) is 27.1. The van der Waals surface area contributed by atoms with Crippen LogP contribution in [0.1, 0.15) is 107 Å². The predicted molar refractivity (Wildman–Crippen MR) is 210 cm³/mol. The molecule has 0 amide bonds. The first kappa shape index (κ1) is 50.5. The van der Waals surface area contributed by atoms with E-state index in [1.165, 1.54) is 70.6 Å². The van der Waals surface area contributed by atoms with Gasteiger partial charge in [0.05, 0.1) is 106 Å². The Morgan fingerprint density at radius 2 is 0.691 bits per heavy atom. The molecule has 1 rings (SSSR count). The number of ketones is 1. The normalized spacial score (nSPS) is 11.2. The number of carbonyl (C=O) groups excluding carboxylic acids is 3. The summed E-state index contributed by atoms with van der Waals surface area (Å²) < 4.78 is 53.8. The van der Waals surface area contributed by atoms with Gasteiger partial charge in [-0.15, -0.1) is 0 Å². The minimum Gasteiger partial charge on any atom is -0.463 e.